The fourth-order valence-corrected chi connectivity index (χ4v) is 2.66. The summed E-state index contributed by atoms with van der Waals surface area (Å²) < 4.78 is 0. The second kappa shape index (κ2) is 5.72. The Morgan fingerprint density at radius 1 is 1.14 bits per heavy atom. The predicted molar refractivity (Wildman–Crippen MR) is 58.0 cm³/mol. The largest absolute Gasteiger partial charge is 0.393 e. The van der Waals surface area contributed by atoms with E-state index in [1.807, 2.05) is 0 Å². The van der Waals surface area contributed by atoms with E-state index in [0.29, 0.717) is 5.92 Å². The van der Waals surface area contributed by atoms with Gasteiger partial charge in [-0.2, -0.15) is 0 Å². The summed E-state index contributed by atoms with van der Waals surface area (Å²) in [7, 11) is 0. The first-order chi connectivity index (χ1) is 6.70. The van der Waals surface area contributed by atoms with Crippen LogP contribution in [-0.2, 0) is 0 Å². The van der Waals surface area contributed by atoms with Crippen LogP contribution in [0.2, 0.25) is 0 Å². The topological polar surface area (TPSA) is 40.5 Å². The molecule has 0 heterocycles. The van der Waals surface area contributed by atoms with Crippen molar-refractivity contribution in [1.29, 1.82) is 0 Å². The smallest absolute Gasteiger partial charge is 0.0620 e. The Hall–Kier alpha value is -0.0800. The molecule has 1 aliphatic rings. The molecule has 0 saturated heterocycles. The van der Waals surface area contributed by atoms with E-state index in [9.17, 15) is 10.2 Å². The van der Waals surface area contributed by atoms with Gasteiger partial charge in [-0.1, -0.05) is 39.5 Å². The highest BCUT2D eigenvalue weighted by Gasteiger charge is 2.32. The van der Waals surface area contributed by atoms with Crippen LogP contribution in [0.4, 0.5) is 0 Å². The van der Waals surface area contributed by atoms with Crippen LogP contribution in [0, 0.1) is 11.8 Å². The molecule has 0 aliphatic heterocycles. The SMILES string of the molecule is CCC(CC)[C@@H](O)[C@H]1CCCC[C@@H]1O. The molecular formula is C12H24O2. The predicted octanol–water partition coefficient (Wildman–Crippen LogP) is 2.33. The molecule has 1 rings (SSSR count). The van der Waals surface area contributed by atoms with Gasteiger partial charge in [0.1, 0.15) is 0 Å². The third-order valence-corrected chi connectivity index (χ3v) is 3.75. The molecule has 1 fully saturated rings. The van der Waals surface area contributed by atoms with Gasteiger partial charge < -0.3 is 10.2 Å². The summed E-state index contributed by atoms with van der Waals surface area (Å²) in [5.74, 6) is 0.501. The molecule has 0 amide bonds. The van der Waals surface area contributed by atoms with Gasteiger partial charge in [0.15, 0.2) is 0 Å². The minimum atomic E-state index is -0.291. The van der Waals surface area contributed by atoms with Crippen LogP contribution in [-0.4, -0.2) is 22.4 Å². The Morgan fingerprint density at radius 2 is 1.71 bits per heavy atom. The van der Waals surface area contributed by atoms with Gasteiger partial charge in [0.05, 0.1) is 12.2 Å². The van der Waals surface area contributed by atoms with Crippen LogP contribution >= 0.6 is 0 Å². The lowest BCUT2D eigenvalue weighted by Crippen LogP contribution is -2.38. The molecule has 2 nitrogen and oxygen atoms in total. The lowest BCUT2D eigenvalue weighted by Gasteiger charge is -2.35. The number of rotatable bonds is 4. The van der Waals surface area contributed by atoms with Crippen molar-refractivity contribution >= 4 is 0 Å². The molecule has 2 N–H and O–H groups in total. The molecular weight excluding hydrogens is 176 g/mol. The maximum atomic E-state index is 10.1. The van der Waals surface area contributed by atoms with Gasteiger partial charge in [-0.15, -0.1) is 0 Å². The zero-order valence-electron chi connectivity index (χ0n) is 9.45. The maximum absolute atomic E-state index is 10.1. The Kier molecular flexibility index (Phi) is 4.90. The standard InChI is InChI=1S/C12H24O2/c1-3-9(4-2)12(14)10-7-5-6-8-11(10)13/h9-14H,3-8H2,1-2H3/t10-,11-,12+/m0/s1. The second-order valence-electron chi connectivity index (χ2n) is 4.58. The number of hydrogen-bond acceptors (Lipinski definition) is 2. The zero-order valence-corrected chi connectivity index (χ0v) is 9.45. The van der Waals surface area contributed by atoms with E-state index in [2.05, 4.69) is 13.8 Å². The highest BCUT2D eigenvalue weighted by molar-refractivity contribution is 4.83. The van der Waals surface area contributed by atoms with E-state index in [0.717, 1.165) is 32.1 Å². The molecule has 0 aromatic carbocycles. The van der Waals surface area contributed by atoms with Crippen molar-refractivity contribution in [2.24, 2.45) is 11.8 Å². The first-order valence-corrected chi connectivity index (χ1v) is 6.06. The van der Waals surface area contributed by atoms with Crippen LogP contribution in [0.5, 0.6) is 0 Å². The average Bonchev–Trinajstić information content (AvgIpc) is 2.20. The van der Waals surface area contributed by atoms with Crippen LogP contribution in [0.3, 0.4) is 0 Å². The van der Waals surface area contributed by atoms with Crippen molar-refractivity contribution in [3.05, 3.63) is 0 Å². The summed E-state index contributed by atoms with van der Waals surface area (Å²) in [6, 6.07) is 0. The van der Waals surface area contributed by atoms with E-state index in [-0.39, 0.29) is 18.1 Å². The highest BCUT2D eigenvalue weighted by atomic mass is 16.3. The van der Waals surface area contributed by atoms with Crippen molar-refractivity contribution in [1.82, 2.24) is 0 Å². The molecule has 1 saturated carbocycles. The summed E-state index contributed by atoms with van der Waals surface area (Å²) in [6.07, 6.45) is 5.63. The van der Waals surface area contributed by atoms with Gasteiger partial charge in [-0.05, 0) is 18.8 Å². The molecule has 1 aliphatic carbocycles. The van der Waals surface area contributed by atoms with Crippen molar-refractivity contribution in [3.8, 4) is 0 Å². The van der Waals surface area contributed by atoms with Gasteiger partial charge in [0.25, 0.3) is 0 Å². The Labute approximate surface area is 87.3 Å². The fraction of sp³-hybridized carbons (Fsp3) is 1.00. The summed E-state index contributed by atoms with van der Waals surface area (Å²) >= 11 is 0. The molecule has 14 heavy (non-hydrogen) atoms. The molecule has 0 aromatic heterocycles. The second-order valence-corrected chi connectivity index (χ2v) is 4.58. The number of aliphatic hydroxyl groups is 2. The summed E-state index contributed by atoms with van der Waals surface area (Å²) in [5.41, 5.74) is 0. The van der Waals surface area contributed by atoms with Gasteiger partial charge in [0, 0.05) is 5.92 Å². The van der Waals surface area contributed by atoms with Crippen molar-refractivity contribution < 1.29 is 10.2 Å². The third-order valence-electron chi connectivity index (χ3n) is 3.75. The van der Waals surface area contributed by atoms with Crippen LogP contribution < -0.4 is 0 Å². The molecule has 0 unspecified atom stereocenters. The first kappa shape index (κ1) is 12.0. The molecule has 0 radical (unpaired) electrons. The fourth-order valence-electron chi connectivity index (χ4n) is 2.66. The van der Waals surface area contributed by atoms with E-state index in [4.69, 9.17) is 0 Å². The molecule has 3 atom stereocenters. The highest BCUT2D eigenvalue weighted by Crippen LogP contribution is 2.31. The normalized spacial score (nSPS) is 30.6. The first-order valence-electron chi connectivity index (χ1n) is 6.06. The van der Waals surface area contributed by atoms with E-state index in [1.54, 1.807) is 0 Å². The van der Waals surface area contributed by atoms with Gasteiger partial charge >= 0.3 is 0 Å². The average molecular weight is 200 g/mol. The monoisotopic (exact) mass is 200 g/mol. The minimum Gasteiger partial charge on any atom is -0.393 e. The minimum absolute atomic E-state index is 0.133. The summed E-state index contributed by atoms with van der Waals surface area (Å²) in [6.45, 7) is 4.24. The molecule has 0 bridgehead atoms. The van der Waals surface area contributed by atoms with Gasteiger partial charge in [-0.3, -0.25) is 0 Å². The van der Waals surface area contributed by atoms with E-state index < -0.39 is 0 Å². The zero-order chi connectivity index (χ0) is 10.6. The number of hydrogen-bond donors (Lipinski definition) is 2. The van der Waals surface area contributed by atoms with E-state index in [1.165, 1.54) is 6.42 Å². The van der Waals surface area contributed by atoms with Crippen molar-refractivity contribution in [2.75, 3.05) is 0 Å². The quantitative estimate of drug-likeness (QED) is 0.731. The van der Waals surface area contributed by atoms with Crippen molar-refractivity contribution in [2.45, 2.75) is 64.6 Å². The number of aliphatic hydroxyl groups excluding tert-OH is 2. The van der Waals surface area contributed by atoms with Gasteiger partial charge in [0.2, 0.25) is 0 Å². The Balaban J connectivity index is 2.52. The van der Waals surface area contributed by atoms with Crippen LogP contribution in [0.15, 0.2) is 0 Å². The maximum Gasteiger partial charge on any atom is 0.0620 e. The van der Waals surface area contributed by atoms with Crippen LogP contribution in [0.1, 0.15) is 52.4 Å². The van der Waals surface area contributed by atoms with Crippen molar-refractivity contribution in [3.63, 3.8) is 0 Å². The Bertz CT molecular complexity index is 154. The third kappa shape index (κ3) is 2.71. The Morgan fingerprint density at radius 3 is 2.21 bits per heavy atom. The van der Waals surface area contributed by atoms with Gasteiger partial charge in [-0.25, -0.2) is 0 Å². The lowest BCUT2D eigenvalue weighted by atomic mass is 9.77. The molecule has 0 spiro atoms. The molecule has 2 heteroatoms. The van der Waals surface area contributed by atoms with Crippen LogP contribution in [0.25, 0.3) is 0 Å². The van der Waals surface area contributed by atoms with E-state index >= 15 is 0 Å². The molecule has 84 valence electrons. The summed E-state index contributed by atoms with van der Waals surface area (Å²) in [4.78, 5) is 0. The molecule has 0 aromatic rings. The lowest BCUT2D eigenvalue weighted by molar-refractivity contribution is -0.0404. The summed E-state index contributed by atoms with van der Waals surface area (Å²) in [5, 5.41) is 20.0.